The van der Waals surface area contributed by atoms with Gasteiger partial charge in [-0.1, -0.05) is 13.8 Å². The van der Waals surface area contributed by atoms with Gasteiger partial charge in [-0.3, -0.25) is 4.79 Å². The molecular weight excluding hydrogens is 435 g/mol. The van der Waals surface area contributed by atoms with E-state index in [0.29, 0.717) is 44.2 Å². The van der Waals surface area contributed by atoms with Gasteiger partial charge >= 0.3 is 6.18 Å². The van der Waals surface area contributed by atoms with Crippen LogP contribution in [0.2, 0.25) is 0 Å². The summed E-state index contributed by atoms with van der Waals surface area (Å²) >= 11 is 0. The molecule has 1 N–H and O–H groups in total. The highest BCUT2D eigenvalue weighted by molar-refractivity contribution is 5.83. The van der Waals surface area contributed by atoms with Gasteiger partial charge in [0.25, 0.3) is 0 Å². The lowest BCUT2D eigenvalue weighted by Gasteiger charge is -2.40. The molecular formula is C23H34F3N5O2. The van der Waals surface area contributed by atoms with Crippen molar-refractivity contribution in [1.82, 2.24) is 20.2 Å². The third-order valence-corrected chi connectivity index (χ3v) is 7.61. The van der Waals surface area contributed by atoms with Gasteiger partial charge in [0.05, 0.1) is 12.0 Å². The standard InChI is InChI=1S/C23H34F3N5O2/c1-3-22(7-4-17(14-22)28-18-6-13-33-15-16(18)2)20(32)30-9-11-31(12-10-30)21-27-8-5-19(29-21)23(24,25)26/h5,8,16-18,28H,3-4,6-7,9-15H2,1-2H3/t16?,17-,18-,22+/m1/s1. The molecule has 3 aliphatic rings. The van der Waals surface area contributed by atoms with Crippen molar-refractivity contribution in [3.63, 3.8) is 0 Å². The number of nitrogens with zero attached hydrogens (tertiary/aromatic N) is 4. The molecule has 1 aromatic rings. The van der Waals surface area contributed by atoms with E-state index < -0.39 is 11.9 Å². The molecule has 10 heteroatoms. The maximum Gasteiger partial charge on any atom is 0.433 e. The number of aromatic nitrogens is 2. The van der Waals surface area contributed by atoms with Crippen molar-refractivity contribution in [2.45, 2.75) is 64.2 Å². The van der Waals surface area contributed by atoms with Gasteiger partial charge in [-0.25, -0.2) is 9.97 Å². The Kier molecular flexibility index (Phi) is 7.14. The normalized spacial score (nSPS) is 31.1. The number of halogens is 3. The SMILES string of the molecule is CC[C@]1(C(=O)N2CCN(c3nccc(C(F)(F)F)n3)CC2)CC[C@@H](N[C@@H]2CCOCC2C)C1. The van der Waals surface area contributed by atoms with Crippen LogP contribution in [0, 0.1) is 11.3 Å². The molecule has 2 saturated heterocycles. The zero-order chi connectivity index (χ0) is 23.6. The summed E-state index contributed by atoms with van der Waals surface area (Å²) in [4.78, 5) is 24.9. The molecule has 0 spiro atoms. The molecule has 1 amide bonds. The van der Waals surface area contributed by atoms with Crippen molar-refractivity contribution in [1.29, 1.82) is 0 Å². The molecule has 4 atom stereocenters. The van der Waals surface area contributed by atoms with Gasteiger partial charge in [-0.05, 0) is 44.1 Å². The number of carbonyl (C=O) groups excluding carboxylic acids is 1. The Hall–Kier alpha value is -1.94. The van der Waals surface area contributed by atoms with Gasteiger partial charge in [0.2, 0.25) is 11.9 Å². The summed E-state index contributed by atoms with van der Waals surface area (Å²) < 4.78 is 44.5. The second kappa shape index (κ2) is 9.74. The quantitative estimate of drug-likeness (QED) is 0.715. The molecule has 1 saturated carbocycles. The number of piperazine rings is 1. The predicted octanol–water partition coefficient (Wildman–Crippen LogP) is 3.11. The lowest BCUT2D eigenvalue weighted by Crippen LogP contribution is -2.53. The fourth-order valence-electron chi connectivity index (χ4n) is 5.47. The molecule has 0 aromatic carbocycles. The first kappa shape index (κ1) is 24.2. The van der Waals surface area contributed by atoms with Crippen LogP contribution in [0.15, 0.2) is 12.3 Å². The summed E-state index contributed by atoms with van der Waals surface area (Å²) in [6, 6.07) is 1.64. The van der Waals surface area contributed by atoms with Gasteiger partial charge in [-0.2, -0.15) is 13.2 Å². The first-order chi connectivity index (χ1) is 15.7. The van der Waals surface area contributed by atoms with E-state index in [0.717, 1.165) is 57.6 Å². The molecule has 7 nitrogen and oxygen atoms in total. The predicted molar refractivity (Wildman–Crippen MR) is 118 cm³/mol. The second-order valence-corrected chi connectivity index (χ2v) is 9.71. The Morgan fingerprint density at radius 1 is 1.27 bits per heavy atom. The minimum atomic E-state index is -4.50. The third kappa shape index (κ3) is 5.26. The highest BCUT2D eigenvalue weighted by Gasteiger charge is 2.47. The molecule has 0 bridgehead atoms. The van der Waals surface area contributed by atoms with Crippen molar-refractivity contribution in [2.24, 2.45) is 11.3 Å². The lowest BCUT2D eigenvalue weighted by molar-refractivity contribution is -0.142. The smallest absolute Gasteiger partial charge is 0.381 e. The molecule has 4 rings (SSSR count). The van der Waals surface area contributed by atoms with Crippen LogP contribution in [0.1, 0.15) is 51.6 Å². The Bertz CT molecular complexity index is 831. The van der Waals surface area contributed by atoms with Gasteiger partial charge in [0.1, 0.15) is 5.69 Å². The van der Waals surface area contributed by atoms with Crippen LogP contribution in [-0.4, -0.2) is 72.3 Å². The lowest BCUT2D eigenvalue weighted by atomic mass is 9.81. The molecule has 0 radical (unpaired) electrons. The van der Waals surface area contributed by atoms with Crippen LogP contribution < -0.4 is 10.2 Å². The van der Waals surface area contributed by atoms with Crippen molar-refractivity contribution in [3.05, 3.63) is 18.0 Å². The highest BCUT2D eigenvalue weighted by atomic mass is 19.4. The average Bonchev–Trinajstić information content (AvgIpc) is 3.24. The summed E-state index contributed by atoms with van der Waals surface area (Å²) in [6.07, 6.45) is 1.13. The first-order valence-electron chi connectivity index (χ1n) is 12.0. The first-order valence-corrected chi connectivity index (χ1v) is 12.0. The molecule has 1 unspecified atom stereocenters. The Morgan fingerprint density at radius 3 is 2.70 bits per heavy atom. The van der Waals surface area contributed by atoms with Crippen LogP contribution in [0.4, 0.5) is 19.1 Å². The van der Waals surface area contributed by atoms with Crippen LogP contribution >= 0.6 is 0 Å². The van der Waals surface area contributed by atoms with Crippen molar-refractivity contribution >= 4 is 11.9 Å². The molecule has 2 aliphatic heterocycles. The van der Waals surface area contributed by atoms with Crippen LogP contribution in [0.25, 0.3) is 0 Å². The minimum Gasteiger partial charge on any atom is -0.381 e. The van der Waals surface area contributed by atoms with Crippen molar-refractivity contribution in [2.75, 3.05) is 44.3 Å². The van der Waals surface area contributed by atoms with Gasteiger partial charge in [-0.15, -0.1) is 0 Å². The van der Waals surface area contributed by atoms with E-state index in [1.54, 1.807) is 4.90 Å². The molecule has 1 aliphatic carbocycles. The number of anilines is 1. The fraction of sp³-hybridized carbons (Fsp3) is 0.783. The summed E-state index contributed by atoms with van der Waals surface area (Å²) in [6.45, 7) is 7.64. The van der Waals surface area contributed by atoms with Crippen LogP contribution in [0.3, 0.4) is 0 Å². The van der Waals surface area contributed by atoms with Gasteiger partial charge in [0.15, 0.2) is 0 Å². The van der Waals surface area contributed by atoms with Gasteiger partial charge < -0.3 is 19.9 Å². The molecule has 3 heterocycles. The van der Waals surface area contributed by atoms with E-state index in [4.69, 9.17) is 4.74 Å². The number of nitrogens with one attached hydrogen (secondary N) is 1. The van der Waals surface area contributed by atoms with E-state index >= 15 is 0 Å². The topological polar surface area (TPSA) is 70.6 Å². The number of alkyl halides is 3. The van der Waals surface area contributed by atoms with Crippen molar-refractivity contribution in [3.8, 4) is 0 Å². The summed E-state index contributed by atoms with van der Waals surface area (Å²) in [5, 5.41) is 3.79. The van der Waals surface area contributed by atoms with Crippen LogP contribution in [-0.2, 0) is 15.7 Å². The Balaban J connectivity index is 1.35. The average molecular weight is 470 g/mol. The van der Waals surface area contributed by atoms with Crippen LogP contribution in [0.5, 0.6) is 0 Å². The number of rotatable bonds is 5. The minimum absolute atomic E-state index is 0.0674. The van der Waals surface area contributed by atoms with E-state index in [9.17, 15) is 18.0 Å². The molecule has 1 aromatic heterocycles. The highest BCUT2D eigenvalue weighted by Crippen LogP contribution is 2.43. The molecule has 184 valence electrons. The van der Waals surface area contributed by atoms with Crippen molar-refractivity contribution < 1.29 is 22.7 Å². The number of ether oxygens (including phenoxy) is 1. The molecule has 3 fully saturated rings. The van der Waals surface area contributed by atoms with E-state index in [2.05, 4.69) is 29.1 Å². The zero-order valence-electron chi connectivity index (χ0n) is 19.4. The maximum absolute atomic E-state index is 13.6. The summed E-state index contributed by atoms with van der Waals surface area (Å²) in [5.74, 6) is 0.717. The van der Waals surface area contributed by atoms with Gasteiger partial charge in [0, 0.05) is 51.1 Å². The zero-order valence-corrected chi connectivity index (χ0v) is 19.4. The monoisotopic (exact) mass is 469 g/mol. The number of amides is 1. The number of hydrogen-bond donors (Lipinski definition) is 1. The Labute approximate surface area is 193 Å². The summed E-state index contributed by atoms with van der Waals surface area (Å²) in [7, 11) is 0. The maximum atomic E-state index is 13.6. The summed E-state index contributed by atoms with van der Waals surface area (Å²) in [5.41, 5.74) is -1.31. The largest absolute Gasteiger partial charge is 0.433 e. The molecule has 33 heavy (non-hydrogen) atoms. The fourth-order valence-corrected chi connectivity index (χ4v) is 5.47. The third-order valence-electron chi connectivity index (χ3n) is 7.61. The second-order valence-electron chi connectivity index (χ2n) is 9.71. The van der Waals surface area contributed by atoms with E-state index in [-0.39, 0.29) is 17.3 Å². The van der Waals surface area contributed by atoms with E-state index in [1.165, 1.54) is 0 Å². The number of carbonyl (C=O) groups is 1. The Morgan fingerprint density at radius 2 is 2.03 bits per heavy atom. The van der Waals surface area contributed by atoms with E-state index in [1.807, 2.05) is 4.90 Å². The number of hydrogen-bond acceptors (Lipinski definition) is 6.